The summed E-state index contributed by atoms with van der Waals surface area (Å²) in [4.78, 5) is 0.992. The normalized spacial score (nSPS) is 18.4. The number of anilines is 1. The molecule has 0 aliphatic heterocycles. The molecule has 0 saturated heterocycles. The molecule has 2 aliphatic rings. The van der Waals surface area contributed by atoms with Crippen molar-refractivity contribution in [1.82, 2.24) is 14.8 Å². The first-order chi connectivity index (χ1) is 9.72. The van der Waals surface area contributed by atoms with Crippen molar-refractivity contribution in [3.8, 4) is 0 Å². The Morgan fingerprint density at radius 1 is 1.20 bits per heavy atom. The molecule has 1 aromatic carbocycles. The highest BCUT2D eigenvalue weighted by Gasteiger charge is 2.36. The Hall–Kier alpha value is -1.20. The zero-order chi connectivity index (χ0) is 13.7. The third-order valence-corrected chi connectivity index (χ3v) is 5.01. The van der Waals surface area contributed by atoms with Gasteiger partial charge in [0.15, 0.2) is 5.16 Å². The van der Waals surface area contributed by atoms with Crippen LogP contribution in [0.25, 0.3) is 0 Å². The summed E-state index contributed by atoms with van der Waals surface area (Å²) in [6, 6.07) is 6.19. The molecule has 0 radical (unpaired) electrons. The van der Waals surface area contributed by atoms with Crippen LogP contribution in [0, 0.1) is 0 Å². The van der Waals surface area contributed by atoms with Gasteiger partial charge in [-0.2, -0.15) is 0 Å². The van der Waals surface area contributed by atoms with E-state index in [1.165, 1.54) is 31.5 Å². The van der Waals surface area contributed by atoms with Crippen LogP contribution in [0.3, 0.4) is 0 Å². The van der Waals surface area contributed by atoms with Crippen LogP contribution in [-0.4, -0.2) is 14.8 Å². The van der Waals surface area contributed by atoms with Crippen molar-refractivity contribution < 1.29 is 0 Å². The number of nitrogens with two attached hydrogens (primary N) is 1. The minimum Gasteiger partial charge on any atom is -0.398 e. The maximum Gasteiger partial charge on any atom is 0.196 e. The number of halogens is 1. The van der Waals surface area contributed by atoms with E-state index in [-0.39, 0.29) is 0 Å². The van der Waals surface area contributed by atoms with Crippen molar-refractivity contribution in [1.29, 1.82) is 0 Å². The SMILES string of the molecule is Nc1cc(Cl)ccc1Sc1nnc(C2CC2)n1C1CC1. The van der Waals surface area contributed by atoms with Gasteiger partial charge in [-0.05, 0) is 55.6 Å². The minimum atomic E-state index is 0.594. The van der Waals surface area contributed by atoms with E-state index in [4.69, 9.17) is 17.3 Å². The van der Waals surface area contributed by atoms with Crippen LogP contribution in [0.5, 0.6) is 0 Å². The third-order valence-electron chi connectivity index (χ3n) is 3.72. The summed E-state index contributed by atoms with van der Waals surface area (Å²) in [5, 5.41) is 10.4. The Bertz CT molecular complexity index is 661. The van der Waals surface area contributed by atoms with E-state index in [0.29, 0.717) is 22.7 Å². The summed E-state index contributed by atoms with van der Waals surface area (Å²) >= 11 is 7.53. The van der Waals surface area contributed by atoms with Crippen LogP contribution < -0.4 is 5.73 Å². The second kappa shape index (κ2) is 4.67. The molecule has 0 bridgehead atoms. The van der Waals surface area contributed by atoms with Crippen molar-refractivity contribution in [2.45, 2.75) is 47.7 Å². The number of benzene rings is 1. The van der Waals surface area contributed by atoms with E-state index in [0.717, 1.165) is 10.1 Å². The number of hydrogen-bond donors (Lipinski definition) is 1. The largest absolute Gasteiger partial charge is 0.398 e. The summed E-state index contributed by atoms with van der Waals surface area (Å²) < 4.78 is 2.33. The van der Waals surface area contributed by atoms with E-state index in [1.54, 1.807) is 17.8 Å². The Morgan fingerprint density at radius 2 is 2.00 bits per heavy atom. The molecular formula is C14H15ClN4S. The van der Waals surface area contributed by atoms with E-state index < -0.39 is 0 Å². The summed E-state index contributed by atoms with van der Waals surface area (Å²) in [6.45, 7) is 0. The Kier molecular flexibility index (Phi) is 2.93. The predicted octanol–water partition coefficient (Wildman–Crippen LogP) is 3.88. The maximum atomic E-state index is 6.03. The van der Waals surface area contributed by atoms with Crippen molar-refractivity contribution in [3.05, 3.63) is 29.0 Å². The highest BCUT2D eigenvalue weighted by molar-refractivity contribution is 7.99. The number of nitrogen functional groups attached to an aromatic ring is 1. The highest BCUT2D eigenvalue weighted by atomic mass is 35.5. The van der Waals surface area contributed by atoms with Crippen LogP contribution in [0.1, 0.15) is 43.5 Å². The van der Waals surface area contributed by atoms with Crippen molar-refractivity contribution >= 4 is 29.1 Å². The number of nitrogens with zero attached hydrogens (tertiary/aromatic N) is 3. The van der Waals surface area contributed by atoms with Gasteiger partial charge in [0, 0.05) is 27.6 Å². The molecule has 2 aromatic rings. The smallest absolute Gasteiger partial charge is 0.196 e. The number of aromatic nitrogens is 3. The van der Waals surface area contributed by atoms with Crippen LogP contribution in [0.2, 0.25) is 5.02 Å². The lowest BCUT2D eigenvalue weighted by Gasteiger charge is -2.09. The third kappa shape index (κ3) is 2.29. The molecule has 20 heavy (non-hydrogen) atoms. The number of rotatable bonds is 4. The van der Waals surface area contributed by atoms with Gasteiger partial charge in [0.1, 0.15) is 5.82 Å². The molecule has 0 unspecified atom stereocenters. The molecule has 2 fully saturated rings. The van der Waals surface area contributed by atoms with Crippen LogP contribution >= 0.6 is 23.4 Å². The molecule has 0 amide bonds. The minimum absolute atomic E-state index is 0.594. The monoisotopic (exact) mass is 306 g/mol. The Labute approximate surface area is 126 Å². The highest BCUT2D eigenvalue weighted by Crippen LogP contribution is 2.47. The fraction of sp³-hybridized carbons (Fsp3) is 0.429. The summed E-state index contributed by atoms with van der Waals surface area (Å²) in [5.74, 6) is 1.79. The first-order valence-electron chi connectivity index (χ1n) is 6.90. The van der Waals surface area contributed by atoms with Gasteiger partial charge in [0.25, 0.3) is 0 Å². The van der Waals surface area contributed by atoms with Gasteiger partial charge in [-0.15, -0.1) is 10.2 Å². The summed E-state index contributed by atoms with van der Waals surface area (Å²) in [5.41, 5.74) is 6.72. The second-order valence-electron chi connectivity index (χ2n) is 5.50. The second-order valence-corrected chi connectivity index (χ2v) is 6.95. The zero-order valence-electron chi connectivity index (χ0n) is 10.9. The molecule has 1 aromatic heterocycles. The Balaban J connectivity index is 1.68. The molecule has 2 saturated carbocycles. The molecule has 0 spiro atoms. The standard InChI is InChI=1S/C14H15ClN4S/c15-9-3-6-12(11(16)7-9)20-14-18-17-13(8-1-2-8)19(14)10-4-5-10/h3,6-8,10H,1-2,4-5,16H2. The van der Waals surface area contributed by atoms with E-state index >= 15 is 0 Å². The molecule has 6 heteroatoms. The lowest BCUT2D eigenvalue weighted by atomic mass is 10.3. The zero-order valence-corrected chi connectivity index (χ0v) is 12.5. The van der Waals surface area contributed by atoms with Crippen LogP contribution in [0.15, 0.2) is 28.3 Å². The van der Waals surface area contributed by atoms with Crippen molar-refractivity contribution in [2.24, 2.45) is 0 Å². The van der Waals surface area contributed by atoms with E-state index in [1.807, 2.05) is 12.1 Å². The maximum absolute atomic E-state index is 6.03. The van der Waals surface area contributed by atoms with Crippen molar-refractivity contribution in [3.63, 3.8) is 0 Å². The molecule has 0 atom stereocenters. The first-order valence-corrected chi connectivity index (χ1v) is 8.09. The molecule has 4 rings (SSSR count). The van der Waals surface area contributed by atoms with Gasteiger partial charge in [0.2, 0.25) is 0 Å². The van der Waals surface area contributed by atoms with Gasteiger partial charge in [-0.25, -0.2) is 0 Å². The van der Waals surface area contributed by atoms with Gasteiger partial charge in [-0.3, -0.25) is 0 Å². The van der Waals surface area contributed by atoms with E-state index in [9.17, 15) is 0 Å². The predicted molar refractivity (Wildman–Crippen MR) is 80.3 cm³/mol. The van der Waals surface area contributed by atoms with Crippen LogP contribution in [-0.2, 0) is 0 Å². The first kappa shape index (κ1) is 12.5. The Morgan fingerprint density at radius 3 is 2.65 bits per heavy atom. The molecular weight excluding hydrogens is 292 g/mol. The molecule has 4 nitrogen and oxygen atoms in total. The fourth-order valence-corrected chi connectivity index (χ4v) is 3.48. The average molecular weight is 307 g/mol. The summed E-state index contributed by atoms with van der Waals surface area (Å²) in [7, 11) is 0. The molecule has 1 heterocycles. The molecule has 2 N–H and O–H groups in total. The van der Waals surface area contributed by atoms with Gasteiger partial charge in [-0.1, -0.05) is 11.6 Å². The molecule has 104 valence electrons. The van der Waals surface area contributed by atoms with Gasteiger partial charge < -0.3 is 10.3 Å². The summed E-state index contributed by atoms with van der Waals surface area (Å²) in [6.07, 6.45) is 4.97. The lowest BCUT2D eigenvalue weighted by Crippen LogP contribution is -2.02. The number of hydrogen-bond acceptors (Lipinski definition) is 4. The quantitative estimate of drug-likeness (QED) is 0.871. The average Bonchev–Trinajstić information content (AvgIpc) is 3.31. The fourth-order valence-electron chi connectivity index (χ4n) is 2.36. The molecule has 2 aliphatic carbocycles. The van der Waals surface area contributed by atoms with Crippen LogP contribution in [0.4, 0.5) is 5.69 Å². The van der Waals surface area contributed by atoms with Gasteiger partial charge >= 0.3 is 0 Å². The van der Waals surface area contributed by atoms with Gasteiger partial charge in [0.05, 0.1) is 0 Å². The lowest BCUT2D eigenvalue weighted by molar-refractivity contribution is 0.627. The topological polar surface area (TPSA) is 56.7 Å². The van der Waals surface area contributed by atoms with E-state index in [2.05, 4.69) is 14.8 Å². The van der Waals surface area contributed by atoms with Crippen molar-refractivity contribution in [2.75, 3.05) is 5.73 Å².